The van der Waals surface area contributed by atoms with Crippen molar-refractivity contribution in [1.82, 2.24) is 25.1 Å². The highest BCUT2D eigenvalue weighted by molar-refractivity contribution is 7.13. The average Bonchev–Trinajstić information content (AvgIpc) is 3.18. The van der Waals surface area contributed by atoms with E-state index in [2.05, 4.69) is 20.4 Å². The molecule has 1 amide bonds. The third-order valence-corrected chi connectivity index (χ3v) is 3.60. The van der Waals surface area contributed by atoms with Crippen molar-refractivity contribution in [3.63, 3.8) is 0 Å². The summed E-state index contributed by atoms with van der Waals surface area (Å²) in [5.74, 6) is -0.638. The van der Waals surface area contributed by atoms with Crippen molar-refractivity contribution in [3.8, 4) is 10.8 Å². The van der Waals surface area contributed by atoms with Gasteiger partial charge < -0.3 is 9.73 Å². The highest BCUT2D eigenvalue weighted by atomic mass is 32.1. The van der Waals surface area contributed by atoms with Gasteiger partial charge in [-0.1, -0.05) is 6.07 Å². The first-order valence-corrected chi connectivity index (χ1v) is 7.28. The van der Waals surface area contributed by atoms with Crippen molar-refractivity contribution in [3.05, 3.63) is 52.3 Å². The fourth-order valence-corrected chi connectivity index (χ4v) is 2.37. The van der Waals surface area contributed by atoms with E-state index in [0.29, 0.717) is 0 Å². The molecule has 3 heterocycles. The molecule has 0 aliphatic heterocycles. The van der Waals surface area contributed by atoms with E-state index < -0.39 is 5.76 Å². The number of nitrogens with one attached hydrogen (secondary N) is 1. The molecule has 0 spiro atoms. The van der Waals surface area contributed by atoms with E-state index in [9.17, 15) is 9.59 Å². The molecule has 0 bridgehead atoms. The molecule has 1 N–H and O–H groups in total. The standard InChI is InChI=1S/C13H11N5O3S/c19-11(9-8-14-3-4-15-9)16-5-6-18-13(20)21-12(17-18)10-2-1-7-22-10/h1-4,7-8H,5-6H2,(H,16,19). The van der Waals surface area contributed by atoms with Crippen LogP contribution < -0.4 is 11.1 Å². The molecule has 0 unspecified atom stereocenters. The second-order valence-corrected chi connectivity index (χ2v) is 5.17. The van der Waals surface area contributed by atoms with Gasteiger partial charge in [-0.2, -0.15) is 4.68 Å². The van der Waals surface area contributed by atoms with Gasteiger partial charge in [-0.05, 0) is 11.4 Å². The number of carbonyl (C=O) groups excluding carboxylic acids is 1. The van der Waals surface area contributed by atoms with Gasteiger partial charge in [0, 0.05) is 18.9 Å². The maximum absolute atomic E-state index is 11.8. The summed E-state index contributed by atoms with van der Waals surface area (Å²) in [6, 6.07) is 3.66. The molecule has 0 fully saturated rings. The molecule has 0 aromatic carbocycles. The van der Waals surface area contributed by atoms with E-state index in [0.717, 1.165) is 4.88 Å². The normalized spacial score (nSPS) is 10.5. The number of hydrogen-bond donors (Lipinski definition) is 1. The van der Waals surface area contributed by atoms with E-state index in [1.54, 1.807) is 0 Å². The average molecular weight is 317 g/mol. The number of hydrogen-bond acceptors (Lipinski definition) is 7. The van der Waals surface area contributed by atoms with E-state index in [1.807, 2.05) is 17.5 Å². The molecule has 0 radical (unpaired) electrons. The molecule has 0 aliphatic rings. The van der Waals surface area contributed by atoms with Gasteiger partial charge in [-0.25, -0.2) is 9.78 Å². The second-order valence-electron chi connectivity index (χ2n) is 4.22. The van der Waals surface area contributed by atoms with Crippen LogP contribution in [0.2, 0.25) is 0 Å². The predicted molar refractivity (Wildman–Crippen MR) is 78.4 cm³/mol. The van der Waals surface area contributed by atoms with E-state index in [4.69, 9.17) is 4.42 Å². The SMILES string of the molecule is O=C(NCCn1nc(-c2cccs2)oc1=O)c1cnccn1. The van der Waals surface area contributed by atoms with E-state index >= 15 is 0 Å². The predicted octanol–water partition coefficient (Wildman–Crippen LogP) is 0.785. The van der Waals surface area contributed by atoms with Crippen molar-refractivity contribution in [1.29, 1.82) is 0 Å². The number of rotatable bonds is 5. The van der Waals surface area contributed by atoms with Crippen LogP contribution in [-0.4, -0.2) is 32.2 Å². The van der Waals surface area contributed by atoms with Crippen LogP contribution in [0, 0.1) is 0 Å². The molecule has 112 valence electrons. The summed E-state index contributed by atoms with van der Waals surface area (Å²) < 4.78 is 6.25. The zero-order valence-corrected chi connectivity index (χ0v) is 12.1. The van der Waals surface area contributed by atoms with E-state index in [-0.39, 0.29) is 30.6 Å². The third kappa shape index (κ3) is 3.09. The zero-order chi connectivity index (χ0) is 15.4. The fraction of sp³-hybridized carbons (Fsp3) is 0.154. The number of thiophene rings is 1. The summed E-state index contributed by atoms with van der Waals surface area (Å²) in [6.45, 7) is 0.436. The maximum Gasteiger partial charge on any atom is 0.437 e. The van der Waals surface area contributed by atoms with Crippen molar-refractivity contribution >= 4 is 17.2 Å². The minimum atomic E-state index is -0.558. The van der Waals surface area contributed by atoms with Crippen LogP contribution >= 0.6 is 11.3 Å². The minimum Gasteiger partial charge on any atom is -0.387 e. The smallest absolute Gasteiger partial charge is 0.387 e. The molecular weight excluding hydrogens is 306 g/mol. The summed E-state index contributed by atoms with van der Waals surface area (Å²) in [4.78, 5) is 31.9. The van der Waals surface area contributed by atoms with Gasteiger partial charge in [0.1, 0.15) is 5.69 Å². The van der Waals surface area contributed by atoms with Gasteiger partial charge in [-0.3, -0.25) is 9.78 Å². The van der Waals surface area contributed by atoms with Crippen molar-refractivity contribution in [2.45, 2.75) is 6.54 Å². The monoisotopic (exact) mass is 317 g/mol. The fourth-order valence-electron chi connectivity index (χ4n) is 1.73. The number of aromatic nitrogens is 4. The van der Waals surface area contributed by atoms with Crippen molar-refractivity contribution in [2.24, 2.45) is 0 Å². The third-order valence-electron chi connectivity index (χ3n) is 2.74. The van der Waals surface area contributed by atoms with Crippen LogP contribution in [0.4, 0.5) is 0 Å². The van der Waals surface area contributed by atoms with Crippen LogP contribution in [0.3, 0.4) is 0 Å². The molecule has 3 aromatic rings. The molecule has 0 saturated heterocycles. The lowest BCUT2D eigenvalue weighted by Gasteiger charge is -2.02. The lowest BCUT2D eigenvalue weighted by atomic mass is 10.4. The first kappa shape index (κ1) is 14.1. The van der Waals surface area contributed by atoms with Gasteiger partial charge in [0.05, 0.1) is 17.6 Å². The minimum absolute atomic E-state index is 0.208. The van der Waals surface area contributed by atoms with Crippen molar-refractivity contribution in [2.75, 3.05) is 6.54 Å². The maximum atomic E-state index is 11.8. The molecule has 9 heteroatoms. The highest BCUT2D eigenvalue weighted by Gasteiger charge is 2.11. The van der Waals surface area contributed by atoms with Gasteiger partial charge in [0.15, 0.2) is 0 Å². The molecule has 3 aromatic heterocycles. The molecular formula is C13H11N5O3S. The van der Waals surface area contributed by atoms with Gasteiger partial charge in [0.25, 0.3) is 11.8 Å². The summed E-state index contributed by atoms with van der Waals surface area (Å²) >= 11 is 1.43. The first-order valence-electron chi connectivity index (χ1n) is 6.40. The van der Waals surface area contributed by atoms with E-state index in [1.165, 1.54) is 34.6 Å². The quantitative estimate of drug-likeness (QED) is 0.746. The van der Waals surface area contributed by atoms with Gasteiger partial charge in [0.2, 0.25) is 0 Å². The zero-order valence-electron chi connectivity index (χ0n) is 11.3. The second kappa shape index (κ2) is 6.31. The highest BCUT2D eigenvalue weighted by Crippen LogP contribution is 2.20. The Labute approximate surface area is 128 Å². The Hall–Kier alpha value is -2.81. The molecule has 3 rings (SSSR count). The van der Waals surface area contributed by atoms with Gasteiger partial charge >= 0.3 is 5.76 Å². The van der Waals surface area contributed by atoms with Crippen LogP contribution in [0.1, 0.15) is 10.5 Å². The molecule has 0 aliphatic carbocycles. The summed E-state index contributed by atoms with van der Waals surface area (Å²) in [5.41, 5.74) is 0.217. The number of amides is 1. The first-order chi connectivity index (χ1) is 10.7. The van der Waals surface area contributed by atoms with Crippen LogP contribution in [0.15, 0.2) is 45.3 Å². The molecule has 0 saturated carbocycles. The topological polar surface area (TPSA) is 103 Å². The Morgan fingerprint density at radius 3 is 3.05 bits per heavy atom. The summed E-state index contributed by atoms with van der Waals surface area (Å²) in [7, 11) is 0. The largest absolute Gasteiger partial charge is 0.437 e. The number of nitrogens with zero attached hydrogens (tertiary/aromatic N) is 4. The summed E-state index contributed by atoms with van der Waals surface area (Å²) in [6.07, 6.45) is 4.29. The Bertz CT molecular complexity index is 810. The Kier molecular flexibility index (Phi) is 4.05. The Balaban J connectivity index is 1.60. The lowest BCUT2D eigenvalue weighted by molar-refractivity contribution is 0.0946. The number of carbonyl (C=O) groups is 1. The molecule has 0 atom stereocenters. The molecule has 8 nitrogen and oxygen atoms in total. The van der Waals surface area contributed by atoms with Crippen LogP contribution in [0.25, 0.3) is 10.8 Å². The van der Waals surface area contributed by atoms with Gasteiger partial charge in [-0.15, -0.1) is 16.4 Å². The Morgan fingerprint density at radius 2 is 2.32 bits per heavy atom. The molecule has 22 heavy (non-hydrogen) atoms. The van der Waals surface area contributed by atoms with Crippen LogP contribution in [-0.2, 0) is 6.54 Å². The lowest BCUT2D eigenvalue weighted by Crippen LogP contribution is -2.30. The Morgan fingerprint density at radius 1 is 1.41 bits per heavy atom. The van der Waals surface area contributed by atoms with Crippen LogP contribution in [0.5, 0.6) is 0 Å². The summed E-state index contributed by atoms with van der Waals surface area (Å²) in [5, 5.41) is 8.60. The van der Waals surface area contributed by atoms with Crippen molar-refractivity contribution < 1.29 is 9.21 Å².